The van der Waals surface area contributed by atoms with Crippen LogP contribution in [0.5, 0.6) is 11.5 Å². The number of fused-ring (bicyclic) bond motifs is 1. The maximum absolute atomic E-state index is 5.62. The van der Waals surface area contributed by atoms with E-state index in [-0.39, 0.29) is 12.9 Å². The molecule has 0 saturated heterocycles. The summed E-state index contributed by atoms with van der Waals surface area (Å²) in [6, 6.07) is 14.4. The highest BCUT2D eigenvalue weighted by Gasteiger charge is 2.13. The van der Waals surface area contributed by atoms with Crippen LogP contribution in [0, 0.1) is 0 Å². The minimum absolute atomic E-state index is 0.241. The minimum Gasteiger partial charge on any atom is -0.454 e. The predicted octanol–water partition coefficient (Wildman–Crippen LogP) is 3.21. The molecule has 0 spiro atoms. The summed E-state index contributed by atoms with van der Waals surface area (Å²) in [5.41, 5.74) is 3.48. The van der Waals surface area contributed by atoms with Gasteiger partial charge in [-0.15, -0.1) is 0 Å². The van der Waals surface area contributed by atoms with Crippen molar-refractivity contribution in [3.63, 3.8) is 0 Å². The number of hydrogen-bond donors (Lipinski definition) is 2. The highest BCUT2D eigenvalue weighted by Crippen LogP contribution is 2.32. The maximum Gasteiger partial charge on any atom is 0.231 e. The van der Waals surface area contributed by atoms with Crippen LogP contribution in [-0.2, 0) is 24.4 Å². The Morgan fingerprint density at radius 2 is 1.59 bits per heavy atom. The summed E-state index contributed by atoms with van der Waals surface area (Å²) in [7, 11) is 1.77. The van der Waals surface area contributed by atoms with E-state index in [9.17, 15) is 0 Å². The van der Waals surface area contributed by atoms with Crippen molar-refractivity contribution in [2.75, 3.05) is 13.8 Å². The molecule has 0 fully saturated rings. The molecule has 2 N–H and O–H groups in total. The fourth-order valence-corrected chi connectivity index (χ4v) is 2.66. The van der Waals surface area contributed by atoms with Gasteiger partial charge in [-0.3, -0.25) is 4.99 Å². The van der Waals surface area contributed by atoms with E-state index in [1.54, 1.807) is 7.05 Å². The molecule has 1 aliphatic rings. The molecule has 6 nitrogen and oxygen atoms in total. The number of aliphatic imine (C=N–C) groups is 1. The van der Waals surface area contributed by atoms with Crippen LogP contribution in [0.1, 0.15) is 30.5 Å². The first-order chi connectivity index (χ1) is 13.1. The summed E-state index contributed by atoms with van der Waals surface area (Å²) < 4.78 is 16.4. The molecule has 0 radical (unpaired) electrons. The first-order valence-corrected chi connectivity index (χ1v) is 9.16. The highest BCUT2D eigenvalue weighted by atomic mass is 16.7. The molecule has 0 unspecified atom stereocenters. The van der Waals surface area contributed by atoms with Crippen LogP contribution in [-0.4, -0.2) is 25.9 Å². The molecule has 0 aromatic heterocycles. The Morgan fingerprint density at radius 1 is 0.963 bits per heavy atom. The molecular weight excluding hydrogens is 342 g/mol. The van der Waals surface area contributed by atoms with Gasteiger partial charge in [-0.1, -0.05) is 30.3 Å². The van der Waals surface area contributed by atoms with Gasteiger partial charge < -0.3 is 24.8 Å². The largest absolute Gasteiger partial charge is 0.454 e. The van der Waals surface area contributed by atoms with Crippen molar-refractivity contribution in [3.8, 4) is 11.5 Å². The molecule has 0 atom stereocenters. The fraction of sp³-hybridized carbons (Fsp3) is 0.381. The summed E-state index contributed by atoms with van der Waals surface area (Å²) >= 11 is 0. The van der Waals surface area contributed by atoms with Crippen LogP contribution < -0.4 is 20.1 Å². The Labute approximate surface area is 160 Å². The Hall–Kier alpha value is -2.73. The quantitative estimate of drug-likeness (QED) is 0.580. The molecule has 1 aliphatic heterocycles. The third-order valence-corrected chi connectivity index (χ3v) is 4.19. The van der Waals surface area contributed by atoms with Crippen LogP contribution in [0.4, 0.5) is 0 Å². The summed E-state index contributed by atoms with van der Waals surface area (Å²) in [5.74, 6) is 2.34. The standard InChI is InChI=1S/C21H27N3O3/c1-15(2)25-13-17-6-4-16(5-7-17)11-23-21(22-3)24-12-18-8-9-19-20(10-18)27-14-26-19/h4-10,15H,11-14H2,1-3H3,(H2,22,23,24). The van der Waals surface area contributed by atoms with E-state index < -0.39 is 0 Å². The number of rotatable bonds is 7. The Bertz CT molecular complexity index is 773. The zero-order valence-corrected chi connectivity index (χ0v) is 16.1. The van der Waals surface area contributed by atoms with Crippen LogP contribution >= 0.6 is 0 Å². The summed E-state index contributed by atoms with van der Waals surface area (Å²) in [4.78, 5) is 4.28. The second-order valence-corrected chi connectivity index (χ2v) is 6.64. The van der Waals surface area contributed by atoms with Crippen LogP contribution in [0.25, 0.3) is 0 Å². The molecule has 1 heterocycles. The van der Waals surface area contributed by atoms with E-state index in [0.29, 0.717) is 19.7 Å². The van der Waals surface area contributed by atoms with Crippen molar-refractivity contribution in [3.05, 3.63) is 59.2 Å². The first kappa shape index (κ1) is 19.0. The number of ether oxygens (including phenoxy) is 3. The molecule has 6 heteroatoms. The molecule has 0 aliphatic carbocycles. The van der Waals surface area contributed by atoms with Gasteiger partial charge in [0.05, 0.1) is 12.7 Å². The number of nitrogens with zero attached hydrogens (tertiary/aromatic N) is 1. The zero-order valence-electron chi connectivity index (χ0n) is 16.1. The Kier molecular flexibility index (Phi) is 6.54. The molecule has 2 aromatic rings. The Balaban J connectivity index is 1.46. The molecule has 3 rings (SSSR count). The minimum atomic E-state index is 0.241. The number of guanidine groups is 1. The summed E-state index contributed by atoms with van der Waals surface area (Å²) in [6.45, 7) is 6.37. The van der Waals surface area contributed by atoms with Crippen molar-refractivity contribution in [1.82, 2.24) is 10.6 Å². The summed E-state index contributed by atoms with van der Waals surface area (Å²) in [6.07, 6.45) is 0.241. The number of nitrogens with one attached hydrogen (secondary N) is 2. The van der Waals surface area contributed by atoms with E-state index in [0.717, 1.165) is 23.0 Å². The maximum atomic E-state index is 5.62. The van der Waals surface area contributed by atoms with E-state index >= 15 is 0 Å². The predicted molar refractivity (Wildman–Crippen MR) is 106 cm³/mol. The second-order valence-electron chi connectivity index (χ2n) is 6.64. The van der Waals surface area contributed by atoms with Crippen LogP contribution in [0.15, 0.2) is 47.5 Å². The van der Waals surface area contributed by atoms with Crippen LogP contribution in [0.2, 0.25) is 0 Å². The van der Waals surface area contributed by atoms with Crippen molar-refractivity contribution in [2.45, 2.75) is 39.6 Å². The lowest BCUT2D eigenvalue weighted by Gasteiger charge is -2.13. The van der Waals surface area contributed by atoms with Crippen molar-refractivity contribution in [2.24, 2.45) is 4.99 Å². The lowest BCUT2D eigenvalue weighted by atomic mass is 10.1. The van der Waals surface area contributed by atoms with Gasteiger partial charge in [0, 0.05) is 20.1 Å². The summed E-state index contributed by atoms with van der Waals surface area (Å²) in [5, 5.41) is 6.64. The van der Waals surface area contributed by atoms with Gasteiger partial charge >= 0.3 is 0 Å². The van der Waals surface area contributed by atoms with E-state index in [4.69, 9.17) is 14.2 Å². The monoisotopic (exact) mass is 369 g/mol. The van der Waals surface area contributed by atoms with Crippen molar-refractivity contribution in [1.29, 1.82) is 0 Å². The highest BCUT2D eigenvalue weighted by molar-refractivity contribution is 5.79. The number of benzene rings is 2. The average molecular weight is 369 g/mol. The second kappa shape index (κ2) is 9.28. The van der Waals surface area contributed by atoms with Gasteiger partial charge in [0.15, 0.2) is 17.5 Å². The van der Waals surface area contributed by atoms with Crippen molar-refractivity contribution >= 4 is 5.96 Å². The number of hydrogen-bond acceptors (Lipinski definition) is 4. The lowest BCUT2D eigenvalue weighted by Crippen LogP contribution is -2.36. The van der Waals surface area contributed by atoms with Gasteiger partial charge in [-0.25, -0.2) is 0 Å². The zero-order chi connectivity index (χ0) is 19.1. The topological polar surface area (TPSA) is 64.1 Å². The van der Waals surface area contributed by atoms with Gasteiger partial charge in [0.25, 0.3) is 0 Å². The van der Waals surface area contributed by atoms with Gasteiger partial charge in [0.2, 0.25) is 6.79 Å². The Morgan fingerprint density at radius 3 is 2.30 bits per heavy atom. The molecule has 144 valence electrons. The molecule has 0 bridgehead atoms. The van der Waals surface area contributed by atoms with Gasteiger partial charge in [-0.05, 0) is 42.7 Å². The molecule has 27 heavy (non-hydrogen) atoms. The normalized spacial score (nSPS) is 13.1. The smallest absolute Gasteiger partial charge is 0.231 e. The molecule has 0 saturated carbocycles. The van der Waals surface area contributed by atoms with Gasteiger partial charge in [0.1, 0.15) is 0 Å². The molecular formula is C21H27N3O3. The lowest BCUT2D eigenvalue weighted by molar-refractivity contribution is 0.0657. The fourth-order valence-electron chi connectivity index (χ4n) is 2.66. The molecule has 0 amide bonds. The first-order valence-electron chi connectivity index (χ1n) is 9.16. The SMILES string of the molecule is CN=C(NCc1ccc(COC(C)C)cc1)NCc1ccc2c(c1)OCO2. The third kappa shape index (κ3) is 5.62. The average Bonchev–Trinajstić information content (AvgIpc) is 3.15. The van der Waals surface area contributed by atoms with E-state index in [1.807, 2.05) is 32.0 Å². The van der Waals surface area contributed by atoms with Crippen LogP contribution in [0.3, 0.4) is 0 Å². The van der Waals surface area contributed by atoms with E-state index in [1.165, 1.54) is 11.1 Å². The van der Waals surface area contributed by atoms with Crippen molar-refractivity contribution < 1.29 is 14.2 Å². The third-order valence-electron chi connectivity index (χ3n) is 4.19. The van der Waals surface area contributed by atoms with Gasteiger partial charge in [-0.2, -0.15) is 0 Å². The molecule has 2 aromatic carbocycles. The van der Waals surface area contributed by atoms with E-state index in [2.05, 4.69) is 39.9 Å².